The first-order valence-corrected chi connectivity index (χ1v) is 28.7. The molecule has 85 heavy (non-hydrogen) atoms. The Labute approximate surface area is 493 Å². The first kappa shape index (κ1) is 63.6. The minimum Gasteiger partial charge on any atom is -0.370 e. The molecule has 4 heterocycles. The Morgan fingerprint density at radius 2 is 1.09 bits per heavy atom. The van der Waals surface area contributed by atoms with Gasteiger partial charge in [-0.25, -0.2) is 9.97 Å². The highest BCUT2D eigenvalue weighted by atomic mass is 16.2. The Hall–Kier alpha value is -8.98. The van der Waals surface area contributed by atoms with Crippen molar-refractivity contribution in [3.63, 3.8) is 0 Å². The molecule has 1 aliphatic heterocycles. The molecule has 6 aromatic rings. The van der Waals surface area contributed by atoms with Gasteiger partial charge in [-0.3, -0.25) is 38.6 Å². The lowest BCUT2D eigenvalue weighted by molar-refractivity contribution is -0.139. The highest BCUT2D eigenvalue weighted by molar-refractivity contribution is 5.94. The molecule has 0 radical (unpaired) electrons. The number of aliphatic imine (C=N–C) groups is 1. The Bertz CT molecular complexity index is 3180. The van der Waals surface area contributed by atoms with Crippen LogP contribution in [-0.2, 0) is 67.5 Å². The molecule has 0 fully saturated rings. The topological polar surface area (TPSA) is 433 Å². The summed E-state index contributed by atoms with van der Waals surface area (Å²) in [7, 11) is 0. The zero-order valence-corrected chi connectivity index (χ0v) is 47.8. The summed E-state index contributed by atoms with van der Waals surface area (Å²) in [5.41, 5.74) is 47.4. The molecule has 2 bridgehead atoms. The van der Waals surface area contributed by atoms with Crippen molar-refractivity contribution in [2.75, 3.05) is 39.3 Å². The van der Waals surface area contributed by atoms with Crippen LogP contribution >= 0.6 is 0 Å². The number of unbranched alkanes of at least 4 members (excludes halogenated alkanes) is 1. The minimum atomic E-state index is -1.20. The lowest BCUT2D eigenvalue weighted by Crippen LogP contribution is -2.55. The number of para-hydroxylation sites is 1. The number of carbonyl (C=O) groups is 7. The van der Waals surface area contributed by atoms with E-state index in [0.29, 0.717) is 41.9 Å². The van der Waals surface area contributed by atoms with Crippen molar-refractivity contribution < 1.29 is 33.6 Å². The van der Waals surface area contributed by atoms with Crippen LogP contribution in [0, 0.1) is 0 Å². The molecule has 7 amide bonds. The maximum Gasteiger partial charge on any atom is 0.248 e. The van der Waals surface area contributed by atoms with Crippen LogP contribution in [-0.4, -0.2) is 162 Å². The smallest absolute Gasteiger partial charge is 0.248 e. The summed E-state index contributed by atoms with van der Waals surface area (Å²) in [4.78, 5) is 127. The van der Waals surface area contributed by atoms with E-state index >= 15 is 14.4 Å². The molecule has 0 saturated carbocycles. The molecule has 26 nitrogen and oxygen atoms in total. The third kappa shape index (κ3) is 19.0. The SMILES string of the molecule is NCCCC[C@H](NC(=O)[C@@H](N)Cc1ccccc1)C(=O)N1CCCN(C(=O)[C@H](CCCN=C(N)N)NC(=O)[C@@H](N)Cc2c[nH]c3ccccc23)CCCN(C(=O)[C@H](Cc2cnc[nH]2)NC(=O)[C@@H](N)Cc2cnc[nH]2)Cc2cc(cc(C(N)=O)c2)C1. The van der Waals surface area contributed by atoms with E-state index in [-0.39, 0.29) is 115 Å². The van der Waals surface area contributed by atoms with E-state index in [1.807, 2.05) is 54.6 Å². The van der Waals surface area contributed by atoms with Gasteiger partial charge in [0.15, 0.2) is 5.96 Å². The van der Waals surface area contributed by atoms with Gasteiger partial charge in [0.25, 0.3) is 0 Å². The predicted molar refractivity (Wildman–Crippen MR) is 321 cm³/mol. The van der Waals surface area contributed by atoms with E-state index in [9.17, 15) is 19.2 Å². The molecular weight excluding hydrogens is 1090 g/mol. The second-order valence-electron chi connectivity index (χ2n) is 21.5. The van der Waals surface area contributed by atoms with E-state index in [2.05, 4.69) is 45.9 Å². The van der Waals surface area contributed by atoms with Crippen LogP contribution in [0.3, 0.4) is 0 Å². The summed E-state index contributed by atoms with van der Waals surface area (Å²) in [5, 5.41) is 9.63. The number of nitrogens with zero attached hydrogens (tertiary/aromatic N) is 6. The average molecular weight is 1170 g/mol. The molecule has 3 aromatic carbocycles. The van der Waals surface area contributed by atoms with Crippen molar-refractivity contribution in [1.82, 2.24) is 55.6 Å². The number of amides is 7. The van der Waals surface area contributed by atoms with Crippen LogP contribution in [0.5, 0.6) is 0 Å². The van der Waals surface area contributed by atoms with Gasteiger partial charge in [0, 0.05) is 105 Å². The number of imidazole rings is 2. The number of hydrogen-bond acceptors (Lipinski definition) is 14. The van der Waals surface area contributed by atoms with Gasteiger partial charge in [-0.1, -0.05) is 54.6 Å². The highest BCUT2D eigenvalue weighted by Gasteiger charge is 2.33. The quantitative estimate of drug-likeness (QED) is 0.0186. The molecule has 26 heteroatoms. The van der Waals surface area contributed by atoms with Gasteiger partial charge in [-0.15, -0.1) is 0 Å². The summed E-state index contributed by atoms with van der Waals surface area (Å²) in [6.45, 7) is 0.430. The number of primary amides is 1. The van der Waals surface area contributed by atoms with E-state index < -0.39 is 77.6 Å². The van der Waals surface area contributed by atoms with Crippen LogP contribution in [0.4, 0.5) is 0 Å². The third-order valence-corrected chi connectivity index (χ3v) is 14.9. The van der Waals surface area contributed by atoms with Crippen molar-refractivity contribution >= 4 is 58.2 Å². The fraction of sp³-hybridized carbons (Fsp3) is 0.424. The molecule has 20 N–H and O–H groups in total. The summed E-state index contributed by atoms with van der Waals surface area (Å²) < 4.78 is 0. The maximum atomic E-state index is 15.3. The van der Waals surface area contributed by atoms with E-state index in [0.717, 1.165) is 22.0 Å². The standard InChI is InChI=1S/C59H81N19O7/c60-17-7-6-15-49(73-53(80)45(61)26-37-11-2-1-3-12-37)57(84)77-21-9-19-76(56(83)50(16-8-18-69-59(65)66)74-54(81)46(62)27-41-30-70-48-14-5-4-13-44(41)48)20-10-22-78(34-39-23-38(33-77)24-40(25-39)52(64)79)58(85)51(29-43-32-68-36-72-43)75-55(82)47(63)28-42-31-67-35-71-42/h1-5,11-14,23-25,30-32,35-36,45-47,49-51,70H,6-10,15-22,26-29,33-34,60-63H2,(H2,64,79)(H,67,71)(H,68,72)(H,73,80)(H,74,81)(H,75,82)(H4,65,66,69)/t45-,46-,47-,49-,50-,51-/m0/s1. The molecule has 0 spiro atoms. The zero-order chi connectivity index (χ0) is 60.8. The Morgan fingerprint density at radius 3 is 1.67 bits per heavy atom. The summed E-state index contributed by atoms with van der Waals surface area (Å²) in [5.74, 6) is -4.07. The van der Waals surface area contributed by atoms with Gasteiger partial charge >= 0.3 is 0 Å². The molecule has 0 unspecified atom stereocenters. The molecule has 1 aliphatic rings. The number of hydrogen-bond donors (Lipinski definition) is 13. The van der Waals surface area contributed by atoms with Crippen LogP contribution in [0.1, 0.15) is 88.9 Å². The second-order valence-corrected chi connectivity index (χ2v) is 21.5. The number of benzene rings is 3. The van der Waals surface area contributed by atoms with Gasteiger partial charge < -0.3 is 85.7 Å². The second kappa shape index (κ2) is 31.6. The summed E-state index contributed by atoms with van der Waals surface area (Å²) in [6, 6.07) is 15.3. The van der Waals surface area contributed by atoms with Gasteiger partial charge in [0.05, 0.1) is 30.8 Å². The van der Waals surface area contributed by atoms with Gasteiger partial charge in [-0.05, 0) is 105 Å². The first-order chi connectivity index (χ1) is 41.0. The number of aromatic nitrogens is 5. The number of H-pyrrole nitrogens is 3. The zero-order valence-electron chi connectivity index (χ0n) is 47.8. The molecule has 3 aromatic heterocycles. The van der Waals surface area contributed by atoms with Crippen LogP contribution < -0.4 is 56.1 Å². The van der Waals surface area contributed by atoms with Crippen molar-refractivity contribution in [1.29, 1.82) is 0 Å². The van der Waals surface area contributed by atoms with Crippen molar-refractivity contribution in [3.05, 3.63) is 143 Å². The number of nitrogens with one attached hydrogen (secondary N) is 6. The van der Waals surface area contributed by atoms with E-state index in [1.165, 1.54) is 23.8 Å². The normalized spacial score (nSPS) is 15.3. The van der Waals surface area contributed by atoms with Gasteiger partial charge in [0.1, 0.15) is 18.1 Å². The fourth-order valence-electron chi connectivity index (χ4n) is 10.4. The first-order valence-electron chi connectivity index (χ1n) is 28.7. The number of aromatic amines is 3. The third-order valence-electron chi connectivity index (χ3n) is 14.9. The largest absolute Gasteiger partial charge is 0.370 e. The fourth-order valence-corrected chi connectivity index (χ4v) is 10.4. The van der Waals surface area contributed by atoms with Crippen LogP contribution in [0.15, 0.2) is 109 Å². The lowest BCUT2D eigenvalue weighted by Gasteiger charge is -2.33. The number of nitrogens with two attached hydrogens (primary N) is 7. The van der Waals surface area contributed by atoms with E-state index in [4.69, 9.17) is 40.1 Å². The number of guanidine groups is 1. The number of rotatable bonds is 26. The van der Waals surface area contributed by atoms with Crippen molar-refractivity contribution in [2.45, 2.75) is 120 Å². The van der Waals surface area contributed by atoms with Gasteiger partial charge in [-0.2, -0.15) is 0 Å². The number of fused-ring (bicyclic) bond motifs is 3. The lowest BCUT2D eigenvalue weighted by atomic mass is 10.0. The molecule has 454 valence electrons. The molecule has 6 atom stereocenters. The molecular formula is C59H81N19O7. The predicted octanol–water partition coefficient (Wildman–Crippen LogP) is -0.418. The number of carbonyl (C=O) groups excluding carboxylic acids is 7. The molecule has 7 rings (SSSR count). The summed E-state index contributed by atoms with van der Waals surface area (Å²) >= 11 is 0. The monoisotopic (exact) mass is 1170 g/mol. The molecule has 0 saturated heterocycles. The Kier molecular flexibility index (Phi) is 23.7. The Balaban J connectivity index is 1.24. The highest BCUT2D eigenvalue weighted by Crippen LogP contribution is 2.22. The average Bonchev–Trinajstić information content (AvgIpc) is 4.40. The van der Waals surface area contributed by atoms with Gasteiger partial charge in [0.2, 0.25) is 41.4 Å². The molecule has 0 aliphatic carbocycles. The van der Waals surface area contributed by atoms with Crippen molar-refractivity contribution in [3.8, 4) is 0 Å². The minimum absolute atomic E-state index is 0.0179. The van der Waals surface area contributed by atoms with Crippen LogP contribution in [0.2, 0.25) is 0 Å². The van der Waals surface area contributed by atoms with E-state index in [1.54, 1.807) is 40.4 Å². The Morgan fingerprint density at radius 1 is 0.576 bits per heavy atom. The summed E-state index contributed by atoms with van der Waals surface area (Å²) in [6.07, 6.45) is 10.3. The maximum absolute atomic E-state index is 15.3. The van der Waals surface area contributed by atoms with Crippen molar-refractivity contribution in [2.24, 2.45) is 45.1 Å². The van der Waals surface area contributed by atoms with Crippen LogP contribution in [0.25, 0.3) is 10.9 Å².